The molecule has 0 bridgehead atoms. The predicted octanol–water partition coefficient (Wildman–Crippen LogP) is 5.09. The van der Waals surface area contributed by atoms with Gasteiger partial charge in [-0.25, -0.2) is 0 Å². The molecule has 148 valence electrons. The Bertz CT molecular complexity index is 1120. The summed E-state index contributed by atoms with van der Waals surface area (Å²) in [7, 11) is 0. The number of carbonyl (C=O) groups is 2. The molecular formula is C22H19Cl2N3O2. The van der Waals surface area contributed by atoms with Crippen LogP contribution in [0.25, 0.3) is 10.9 Å². The number of para-hydroxylation sites is 1. The van der Waals surface area contributed by atoms with E-state index in [-0.39, 0.29) is 11.8 Å². The zero-order valence-corrected chi connectivity index (χ0v) is 17.3. The van der Waals surface area contributed by atoms with Crippen molar-refractivity contribution >= 4 is 51.6 Å². The van der Waals surface area contributed by atoms with E-state index in [1.165, 1.54) is 6.07 Å². The number of hydrogen-bond acceptors (Lipinski definition) is 3. The van der Waals surface area contributed by atoms with Gasteiger partial charge in [0.05, 0.1) is 21.8 Å². The molecule has 0 saturated carbocycles. The number of carbonyl (C=O) groups excluding carboxylic acids is 2. The number of rotatable bonds is 3. The van der Waals surface area contributed by atoms with Gasteiger partial charge in [0, 0.05) is 22.6 Å². The van der Waals surface area contributed by atoms with Crippen LogP contribution in [0.15, 0.2) is 48.5 Å². The lowest BCUT2D eigenvalue weighted by atomic mass is 10.1. The average molecular weight is 428 g/mol. The van der Waals surface area contributed by atoms with Crippen molar-refractivity contribution in [3.05, 3.63) is 69.8 Å². The number of hydrogen-bond donors (Lipinski definition) is 1. The summed E-state index contributed by atoms with van der Waals surface area (Å²) < 4.78 is 0. The van der Waals surface area contributed by atoms with Gasteiger partial charge < -0.3 is 10.2 Å². The second-order valence-corrected chi connectivity index (χ2v) is 7.94. The number of anilines is 1. The topological polar surface area (TPSA) is 62.3 Å². The van der Waals surface area contributed by atoms with Gasteiger partial charge in [-0.3, -0.25) is 14.6 Å². The van der Waals surface area contributed by atoms with Crippen molar-refractivity contribution in [1.29, 1.82) is 0 Å². The van der Waals surface area contributed by atoms with E-state index in [0.29, 0.717) is 34.3 Å². The number of aromatic nitrogens is 1. The first-order valence-electron chi connectivity index (χ1n) is 9.37. The van der Waals surface area contributed by atoms with Gasteiger partial charge in [0.15, 0.2) is 0 Å². The fourth-order valence-electron chi connectivity index (χ4n) is 3.66. The third kappa shape index (κ3) is 3.93. The van der Waals surface area contributed by atoms with Crippen LogP contribution in [0.1, 0.15) is 28.9 Å². The van der Waals surface area contributed by atoms with Crippen LogP contribution >= 0.6 is 23.2 Å². The van der Waals surface area contributed by atoms with Crippen LogP contribution < -0.4 is 5.32 Å². The number of benzene rings is 2. The highest BCUT2D eigenvalue weighted by atomic mass is 35.5. The third-order valence-electron chi connectivity index (χ3n) is 5.09. The van der Waals surface area contributed by atoms with Gasteiger partial charge in [-0.1, -0.05) is 41.4 Å². The van der Waals surface area contributed by atoms with Crippen molar-refractivity contribution in [1.82, 2.24) is 9.88 Å². The van der Waals surface area contributed by atoms with E-state index in [1.807, 2.05) is 37.3 Å². The maximum Gasteiger partial charge on any atom is 0.256 e. The van der Waals surface area contributed by atoms with Crippen LogP contribution in [0.4, 0.5) is 5.69 Å². The van der Waals surface area contributed by atoms with Crippen molar-refractivity contribution in [3.63, 3.8) is 0 Å². The maximum atomic E-state index is 13.0. The molecule has 1 aliphatic heterocycles. The molecule has 2 heterocycles. The summed E-state index contributed by atoms with van der Waals surface area (Å²) in [6, 6.07) is 13.7. The molecule has 4 rings (SSSR count). The minimum absolute atomic E-state index is 0.232. The Labute approximate surface area is 178 Å². The fourth-order valence-corrected chi connectivity index (χ4v) is 4.03. The van der Waals surface area contributed by atoms with Crippen molar-refractivity contribution in [2.45, 2.75) is 25.8 Å². The predicted molar refractivity (Wildman–Crippen MR) is 116 cm³/mol. The molecule has 0 radical (unpaired) electrons. The first-order chi connectivity index (χ1) is 13.9. The summed E-state index contributed by atoms with van der Waals surface area (Å²) in [5, 5.41) is 4.65. The van der Waals surface area contributed by atoms with Gasteiger partial charge >= 0.3 is 0 Å². The Balaban J connectivity index is 1.59. The van der Waals surface area contributed by atoms with Crippen LogP contribution in [0, 0.1) is 6.92 Å². The van der Waals surface area contributed by atoms with E-state index in [9.17, 15) is 9.59 Å². The first kappa shape index (κ1) is 19.7. The summed E-state index contributed by atoms with van der Waals surface area (Å²) in [5.74, 6) is -0.521. The summed E-state index contributed by atoms with van der Waals surface area (Å²) in [6.07, 6.45) is 1.34. The smallest absolute Gasteiger partial charge is 0.256 e. The molecule has 29 heavy (non-hydrogen) atoms. The molecule has 1 saturated heterocycles. The monoisotopic (exact) mass is 427 g/mol. The number of nitrogens with zero attached hydrogens (tertiary/aromatic N) is 2. The molecule has 5 nitrogen and oxygen atoms in total. The standard InChI is InChI=1S/C22H19Cl2N3O2/c1-13-7-8-14-4-2-5-18(20(14)25-13)26-21(28)19-6-3-11-27(19)22(29)16-12-15(23)9-10-17(16)24/h2,4-5,7-10,12,19H,3,6,11H2,1H3,(H,26,28). The lowest BCUT2D eigenvalue weighted by Crippen LogP contribution is -2.43. The lowest BCUT2D eigenvalue weighted by molar-refractivity contribution is -0.119. The van der Waals surface area contributed by atoms with Crippen LogP contribution in [0.2, 0.25) is 10.0 Å². The third-order valence-corrected chi connectivity index (χ3v) is 5.66. The summed E-state index contributed by atoms with van der Waals surface area (Å²) >= 11 is 12.2. The fraction of sp³-hybridized carbons (Fsp3) is 0.227. The van der Waals surface area contributed by atoms with Gasteiger partial charge in [-0.2, -0.15) is 0 Å². The number of fused-ring (bicyclic) bond motifs is 1. The molecule has 1 atom stereocenters. The second-order valence-electron chi connectivity index (χ2n) is 7.10. The molecule has 1 unspecified atom stereocenters. The van der Waals surface area contributed by atoms with Crippen LogP contribution in [0.3, 0.4) is 0 Å². The van der Waals surface area contributed by atoms with Gasteiger partial charge in [0.1, 0.15) is 6.04 Å². The number of likely N-dealkylation sites (tertiary alicyclic amines) is 1. The largest absolute Gasteiger partial charge is 0.327 e. The number of nitrogens with one attached hydrogen (secondary N) is 1. The van der Waals surface area contributed by atoms with E-state index in [1.54, 1.807) is 17.0 Å². The van der Waals surface area contributed by atoms with Gasteiger partial charge in [0.2, 0.25) is 5.91 Å². The molecule has 1 aliphatic rings. The normalized spacial score (nSPS) is 16.2. The van der Waals surface area contributed by atoms with Gasteiger partial charge in [0.25, 0.3) is 5.91 Å². The van der Waals surface area contributed by atoms with E-state index in [2.05, 4.69) is 10.3 Å². The Hall–Kier alpha value is -2.63. The molecule has 1 N–H and O–H groups in total. The summed E-state index contributed by atoms with van der Waals surface area (Å²) in [4.78, 5) is 32.2. The highest BCUT2D eigenvalue weighted by Gasteiger charge is 2.35. The quantitative estimate of drug-likeness (QED) is 0.632. The lowest BCUT2D eigenvalue weighted by Gasteiger charge is -2.24. The Morgan fingerprint density at radius 3 is 2.79 bits per heavy atom. The SMILES string of the molecule is Cc1ccc2cccc(NC(=O)C3CCCN3C(=O)c3cc(Cl)ccc3Cl)c2n1. The Kier molecular flexibility index (Phi) is 5.43. The van der Waals surface area contributed by atoms with E-state index < -0.39 is 6.04 Å². The molecule has 3 aromatic rings. The van der Waals surface area contributed by atoms with E-state index >= 15 is 0 Å². The Morgan fingerprint density at radius 2 is 1.97 bits per heavy atom. The van der Waals surface area contributed by atoms with Gasteiger partial charge in [-0.15, -0.1) is 0 Å². The minimum atomic E-state index is -0.572. The molecule has 1 aromatic heterocycles. The van der Waals surface area contributed by atoms with E-state index in [4.69, 9.17) is 23.2 Å². The zero-order chi connectivity index (χ0) is 20.5. The van der Waals surface area contributed by atoms with Crippen molar-refractivity contribution in [2.75, 3.05) is 11.9 Å². The molecular weight excluding hydrogens is 409 g/mol. The molecule has 7 heteroatoms. The van der Waals surface area contributed by atoms with Crippen molar-refractivity contribution in [2.24, 2.45) is 0 Å². The molecule has 0 spiro atoms. The van der Waals surface area contributed by atoms with Crippen LogP contribution in [0.5, 0.6) is 0 Å². The highest BCUT2D eigenvalue weighted by Crippen LogP contribution is 2.28. The summed E-state index contributed by atoms with van der Waals surface area (Å²) in [6.45, 7) is 2.40. The van der Waals surface area contributed by atoms with E-state index in [0.717, 1.165) is 23.0 Å². The van der Waals surface area contributed by atoms with Crippen molar-refractivity contribution < 1.29 is 9.59 Å². The molecule has 0 aliphatic carbocycles. The number of aryl methyl sites for hydroxylation is 1. The molecule has 2 aromatic carbocycles. The highest BCUT2D eigenvalue weighted by molar-refractivity contribution is 6.35. The zero-order valence-electron chi connectivity index (χ0n) is 15.8. The summed E-state index contributed by atoms with van der Waals surface area (Å²) in [5.41, 5.74) is 2.54. The Morgan fingerprint density at radius 1 is 1.14 bits per heavy atom. The second kappa shape index (κ2) is 8.01. The van der Waals surface area contributed by atoms with Crippen LogP contribution in [-0.2, 0) is 4.79 Å². The number of amides is 2. The van der Waals surface area contributed by atoms with Crippen LogP contribution in [-0.4, -0.2) is 34.3 Å². The first-order valence-corrected chi connectivity index (χ1v) is 10.1. The molecule has 2 amide bonds. The average Bonchev–Trinajstić information content (AvgIpc) is 3.20. The molecule has 1 fully saturated rings. The van der Waals surface area contributed by atoms with Gasteiger partial charge in [-0.05, 0) is 50.1 Å². The maximum absolute atomic E-state index is 13.0. The minimum Gasteiger partial charge on any atom is -0.327 e. The van der Waals surface area contributed by atoms with Crippen molar-refractivity contribution in [3.8, 4) is 0 Å². The number of pyridine rings is 1. The number of halogens is 2.